The number of aryl methyl sites for hydroxylation is 3. The number of benzene rings is 1. The number of anilines is 1. The van der Waals surface area contributed by atoms with Crippen molar-refractivity contribution in [1.29, 1.82) is 0 Å². The molecule has 8 heteroatoms. The van der Waals surface area contributed by atoms with Gasteiger partial charge in [0.15, 0.2) is 11.0 Å². The monoisotopic (exact) mass is 332 g/mol. The Balaban J connectivity index is 1.59. The second-order valence-electron chi connectivity index (χ2n) is 5.17. The fraction of sp³-hybridized carbons (Fsp3) is 0.333. The molecule has 0 radical (unpaired) electrons. The Labute approximate surface area is 136 Å². The van der Waals surface area contributed by atoms with Crippen LogP contribution in [-0.2, 0) is 16.1 Å². The fourth-order valence-electron chi connectivity index (χ4n) is 2.10. The number of carbonyl (C=O) groups is 1. The van der Waals surface area contributed by atoms with E-state index in [0.717, 1.165) is 21.3 Å². The van der Waals surface area contributed by atoms with E-state index in [4.69, 9.17) is 9.26 Å². The van der Waals surface area contributed by atoms with Crippen LogP contribution in [0.4, 0.5) is 5.13 Å². The van der Waals surface area contributed by atoms with Gasteiger partial charge in [-0.05, 0) is 31.9 Å². The molecule has 0 bridgehead atoms. The first kappa shape index (κ1) is 15.6. The van der Waals surface area contributed by atoms with E-state index in [1.807, 2.05) is 19.9 Å². The van der Waals surface area contributed by atoms with Crippen LogP contribution in [-0.4, -0.2) is 27.6 Å². The summed E-state index contributed by atoms with van der Waals surface area (Å²) in [4.78, 5) is 20.4. The van der Waals surface area contributed by atoms with E-state index in [-0.39, 0.29) is 19.1 Å². The van der Waals surface area contributed by atoms with Crippen molar-refractivity contribution < 1.29 is 14.1 Å². The van der Waals surface area contributed by atoms with E-state index in [1.165, 1.54) is 11.3 Å². The van der Waals surface area contributed by atoms with E-state index in [9.17, 15) is 4.79 Å². The minimum absolute atomic E-state index is 0.102. The maximum absolute atomic E-state index is 11.9. The number of fused-ring (bicyclic) bond motifs is 1. The summed E-state index contributed by atoms with van der Waals surface area (Å²) in [5.41, 5.74) is 3.16. The average molecular weight is 332 g/mol. The summed E-state index contributed by atoms with van der Waals surface area (Å²) in [6, 6.07) is 4.08. The quantitative estimate of drug-likeness (QED) is 0.772. The van der Waals surface area contributed by atoms with Crippen molar-refractivity contribution in [2.24, 2.45) is 0 Å². The number of hydrogen-bond acceptors (Lipinski definition) is 7. The van der Waals surface area contributed by atoms with Crippen LogP contribution < -0.4 is 5.32 Å². The highest BCUT2D eigenvalue weighted by molar-refractivity contribution is 7.22. The van der Waals surface area contributed by atoms with Crippen LogP contribution in [0.3, 0.4) is 0 Å². The van der Waals surface area contributed by atoms with Crippen LogP contribution >= 0.6 is 11.3 Å². The molecule has 0 saturated heterocycles. The Morgan fingerprint density at radius 2 is 2.04 bits per heavy atom. The third-order valence-corrected chi connectivity index (χ3v) is 4.32. The number of ether oxygens (including phenoxy) is 1. The van der Waals surface area contributed by atoms with Crippen molar-refractivity contribution in [2.75, 3.05) is 11.9 Å². The highest BCUT2D eigenvalue weighted by Crippen LogP contribution is 2.30. The summed E-state index contributed by atoms with van der Waals surface area (Å²) >= 11 is 1.46. The first-order chi connectivity index (χ1) is 11.0. The van der Waals surface area contributed by atoms with Gasteiger partial charge in [0.25, 0.3) is 11.8 Å². The van der Waals surface area contributed by atoms with Gasteiger partial charge in [0, 0.05) is 0 Å². The fourth-order valence-corrected chi connectivity index (χ4v) is 3.13. The Hall–Kier alpha value is -2.32. The van der Waals surface area contributed by atoms with Gasteiger partial charge in [0.05, 0.1) is 10.2 Å². The zero-order valence-corrected chi connectivity index (χ0v) is 13.9. The predicted octanol–water partition coefficient (Wildman–Crippen LogP) is 2.76. The van der Waals surface area contributed by atoms with Gasteiger partial charge in [-0.1, -0.05) is 28.6 Å². The van der Waals surface area contributed by atoms with Gasteiger partial charge >= 0.3 is 0 Å². The molecule has 0 fully saturated rings. The van der Waals surface area contributed by atoms with E-state index >= 15 is 0 Å². The van der Waals surface area contributed by atoms with Crippen LogP contribution in [0.5, 0.6) is 0 Å². The summed E-state index contributed by atoms with van der Waals surface area (Å²) in [6.07, 6.45) is 0. The molecule has 3 aromatic rings. The number of aromatic nitrogens is 3. The first-order valence-corrected chi connectivity index (χ1v) is 7.88. The van der Waals surface area contributed by atoms with Crippen molar-refractivity contribution >= 4 is 32.6 Å². The van der Waals surface area contributed by atoms with Gasteiger partial charge in [0.2, 0.25) is 0 Å². The second kappa shape index (κ2) is 6.43. The number of thiazole rings is 1. The SMILES string of the molecule is Cc1noc(COCC(=O)Nc2nc3c(C)ccc(C)c3s2)n1. The number of amides is 1. The molecule has 3 rings (SSSR count). The molecular formula is C15H16N4O3S. The topological polar surface area (TPSA) is 90.1 Å². The minimum Gasteiger partial charge on any atom is -0.362 e. The van der Waals surface area contributed by atoms with Crippen LogP contribution in [0.15, 0.2) is 16.7 Å². The lowest BCUT2D eigenvalue weighted by Gasteiger charge is -2.01. The van der Waals surface area contributed by atoms with Crippen LogP contribution in [0.25, 0.3) is 10.2 Å². The lowest BCUT2D eigenvalue weighted by molar-refractivity contribution is -0.121. The van der Waals surface area contributed by atoms with Crippen molar-refractivity contribution in [3.8, 4) is 0 Å². The molecule has 120 valence electrons. The molecule has 1 N–H and O–H groups in total. The molecule has 1 amide bonds. The van der Waals surface area contributed by atoms with Gasteiger partial charge in [-0.3, -0.25) is 10.1 Å². The first-order valence-electron chi connectivity index (χ1n) is 7.06. The summed E-state index contributed by atoms with van der Waals surface area (Å²) in [5, 5.41) is 6.97. The minimum atomic E-state index is -0.268. The number of rotatable bonds is 5. The highest BCUT2D eigenvalue weighted by atomic mass is 32.1. The number of hydrogen-bond donors (Lipinski definition) is 1. The molecule has 1 aromatic carbocycles. The molecule has 2 heterocycles. The van der Waals surface area contributed by atoms with Crippen molar-refractivity contribution in [2.45, 2.75) is 27.4 Å². The number of nitrogens with one attached hydrogen (secondary N) is 1. The molecule has 0 unspecified atom stereocenters. The maximum Gasteiger partial charge on any atom is 0.252 e. The smallest absolute Gasteiger partial charge is 0.252 e. The van der Waals surface area contributed by atoms with Crippen LogP contribution in [0.1, 0.15) is 22.8 Å². The van der Waals surface area contributed by atoms with Crippen molar-refractivity contribution in [3.05, 3.63) is 35.0 Å². The third-order valence-electron chi connectivity index (χ3n) is 3.22. The van der Waals surface area contributed by atoms with Crippen molar-refractivity contribution in [3.63, 3.8) is 0 Å². The molecule has 2 aromatic heterocycles. The zero-order chi connectivity index (χ0) is 16.4. The molecule has 0 saturated carbocycles. The second-order valence-corrected chi connectivity index (χ2v) is 6.17. The summed E-state index contributed by atoms with van der Waals surface area (Å²) in [6.45, 7) is 5.75. The zero-order valence-electron chi connectivity index (χ0n) is 13.0. The Bertz CT molecular complexity index is 817. The van der Waals surface area contributed by atoms with E-state index in [0.29, 0.717) is 16.8 Å². The molecular weight excluding hydrogens is 316 g/mol. The summed E-state index contributed by atoms with van der Waals surface area (Å²) in [7, 11) is 0. The molecule has 0 atom stereocenters. The van der Waals surface area contributed by atoms with Crippen LogP contribution in [0.2, 0.25) is 0 Å². The Morgan fingerprint density at radius 3 is 2.74 bits per heavy atom. The summed E-state index contributed by atoms with van der Waals surface area (Å²) < 4.78 is 11.2. The van der Waals surface area contributed by atoms with E-state index in [2.05, 4.69) is 26.5 Å². The van der Waals surface area contributed by atoms with Gasteiger partial charge in [0.1, 0.15) is 13.2 Å². The Kier molecular flexibility index (Phi) is 4.35. The molecule has 0 aliphatic heterocycles. The largest absolute Gasteiger partial charge is 0.362 e. The van der Waals surface area contributed by atoms with Gasteiger partial charge < -0.3 is 9.26 Å². The summed E-state index contributed by atoms with van der Waals surface area (Å²) in [5.74, 6) is 0.616. The number of carbonyl (C=O) groups excluding carboxylic acids is 1. The number of nitrogens with zero attached hydrogens (tertiary/aromatic N) is 3. The van der Waals surface area contributed by atoms with Gasteiger partial charge in [-0.25, -0.2) is 4.98 Å². The predicted molar refractivity (Wildman–Crippen MR) is 86.4 cm³/mol. The van der Waals surface area contributed by atoms with Gasteiger partial charge in [-0.15, -0.1) is 0 Å². The lowest BCUT2D eigenvalue weighted by Crippen LogP contribution is -2.18. The van der Waals surface area contributed by atoms with Crippen LogP contribution in [0, 0.1) is 20.8 Å². The molecule has 0 aliphatic carbocycles. The van der Waals surface area contributed by atoms with E-state index < -0.39 is 0 Å². The molecule has 7 nitrogen and oxygen atoms in total. The van der Waals surface area contributed by atoms with Crippen molar-refractivity contribution in [1.82, 2.24) is 15.1 Å². The molecule has 0 spiro atoms. The standard InChI is InChI=1S/C15H16N4O3S/c1-8-4-5-9(2)14-13(8)18-15(23-14)17-11(20)6-21-7-12-16-10(3)19-22-12/h4-5H,6-7H2,1-3H3,(H,17,18,20). The average Bonchev–Trinajstić information content (AvgIpc) is 3.10. The van der Waals surface area contributed by atoms with E-state index in [1.54, 1.807) is 6.92 Å². The normalized spacial score (nSPS) is 11.1. The maximum atomic E-state index is 11.9. The highest BCUT2D eigenvalue weighted by Gasteiger charge is 2.11. The lowest BCUT2D eigenvalue weighted by atomic mass is 10.1. The Morgan fingerprint density at radius 1 is 1.26 bits per heavy atom. The van der Waals surface area contributed by atoms with Gasteiger partial charge in [-0.2, -0.15) is 4.98 Å². The molecule has 23 heavy (non-hydrogen) atoms. The third kappa shape index (κ3) is 3.54. The molecule has 0 aliphatic rings.